The van der Waals surface area contributed by atoms with Gasteiger partial charge in [-0.25, -0.2) is 0 Å². The first-order chi connectivity index (χ1) is 17.3. The zero-order valence-electron chi connectivity index (χ0n) is 25.7. The summed E-state index contributed by atoms with van der Waals surface area (Å²) in [7, 11) is 0.984. The van der Waals surface area contributed by atoms with Crippen molar-refractivity contribution < 1.29 is 48.7 Å². The van der Waals surface area contributed by atoms with Crippen LogP contribution in [-0.2, 0) is 14.3 Å². The number of nitrogens with zero attached hydrogens (tertiary/aromatic N) is 2. The minimum Gasteiger partial charge on any atom is -0.406 e. The molecule has 1 saturated heterocycles. The normalized spacial score (nSPS) is 30.5. The van der Waals surface area contributed by atoms with Crippen molar-refractivity contribution in [3.8, 4) is 5.75 Å². The molecule has 1 aromatic carbocycles. The number of carbonyl (C=O) groups excluding carboxylic acids is 2. The van der Waals surface area contributed by atoms with Crippen LogP contribution in [0.4, 0.5) is 18.9 Å². The van der Waals surface area contributed by atoms with Crippen molar-refractivity contribution in [3.05, 3.63) is 24.2 Å². The van der Waals surface area contributed by atoms with E-state index in [2.05, 4.69) is 4.74 Å². The van der Waals surface area contributed by atoms with Crippen molar-refractivity contribution in [1.82, 2.24) is 10.2 Å². The molecule has 0 saturated carbocycles. The van der Waals surface area contributed by atoms with Crippen molar-refractivity contribution in [1.29, 1.82) is 0 Å². The standard InChI is InChI=1S/C17H22F3N3O4/c1-12(24)21-15(11-26-2)16(25)23-8-6-22(7-9-23)13-4-3-5-14(10-13)27-17(18,19)20/h3-5,10,15H,6-9,11H2,1-2H3,(H,21,24)/t15-/m1/s1/i1D3,5D,6D2,7D2,8D2,9D2. The second kappa shape index (κ2) is 8.94. The summed E-state index contributed by atoms with van der Waals surface area (Å²) in [5.41, 5.74) is -0.885. The Morgan fingerprint density at radius 3 is 2.70 bits per heavy atom. The van der Waals surface area contributed by atoms with E-state index in [0.29, 0.717) is 12.1 Å². The maximum absolute atomic E-state index is 13.3. The number of nitrogens with one attached hydrogen (secondary N) is 1. The van der Waals surface area contributed by atoms with Crippen LogP contribution < -0.4 is 15.0 Å². The second-order valence-corrected chi connectivity index (χ2v) is 4.90. The maximum atomic E-state index is 13.3. The number of alkyl halides is 3. The number of hydrogen-bond acceptors (Lipinski definition) is 5. The first-order valence-electron chi connectivity index (χ1n) is 13.1. The van der Waals surface area contributed by atoms with E-state index in [1.54, 1.807) is 5.32 Å². The summed E-state index contributed by atoms with van der Waals surface area (Å²) < 4.78 is 142. The summed E-state index contributed by atoms with van der Waals surface area (Å²) in [6.45, 7) is -19.3. The van der Waals surface area contributed by atoms with Gasteiger partial charge in [0.15, 0.2) is 0 Å². The van der Waals surface area contributed by atoms with Crippen molar-refractivity contribution in [3.63, 3.8) is 0 Å². The Kier molecular flexibility index (Phi) is 3.19. The molecule has 1 aromatic rings. The fraction of sp³-hybridized carbons (Fsp3) is 0.529. The molecule has 1 heterocycles. The molecule has 1 N–H and O–H groups in total. The van der Waals surface area contributed by atoms with Gasteiger partial charge in [-0.2, -0.15) is 0 Å². The van der Waals surface area contributed by atoms with Gasteiger partial charge in [0.2, 0.25) is 11.8 Å². The number of benzene rings is 1. The van der Waals surface area contributed by atoms with Crippen LogP contribution in [0.2, 0.25) is 0 Å². The number of carbonyl (C=O) groups is 2. The molecule has 0 aliphatic carbocycles. The lowest BCUT2D eigenvalue weighted by Gasteiger charge is -2.37. The van der Waals surface area contributed by atoms with Gasteiger partial charge in [-0.1, -0.05) is 6.07 Å². The smallest absolute Gasteiger partial charge is 0.406 e. The lowest BCUT2D eigenvalue weighted by atomic mass is 10.2. The summed E-state index contributed by atoms with van der Waals surface area (Å²) in [6, 6.07) is -1.29. The third-order valence-corrected chi connectivity index (χ3v) is 2.95. The molecule has 2 amide bonds. The molecule has 1 fully saturated rings. The molecule has 0 radical (unpaired) electrons. The summed E-state index contributed by atoms with van der Waals surface area (Å²) in [5, 5.41) is 1.71. The summed E-state index contributed by atoms with van der Waals surface area (Å²) in [5.74, 6) is -4.77. The van der Waals surface area contributed by atoms with E-state index in [1.165, 1.54) is 0 Å². The predicted molar refractivity (Wildman–Crippen MR) is 91.4 cm³/mol. The summed E-state index contributed by atoms with van der Waals surface area (Å²) in [4.78, 5) is 24.6. The lowest BCUT2D eigenvalue weighted by molar-refractivity contribution is -0.274. The average molecular weight is 401 g/mol. The number of methoxy groups -OCH3 is 1. The molecule has 0 unspecified atom stereocenters. The van der Waals surface area contributed by atoms with E-state index >= 15 is 0 Å². The fourth-order valence-corrected chi connectivity index (χ4v) is 1.91. The molecule has 2 rings (SSSR count). The number of rotatable bonds is 6. The van der Waals surface area contributed by atoms with E-state index < -0.39 is 86.0 Å². The van der Waals surface area contributed by atoms with Crippen molar-refractivity contribution in [2.75, 3.05) is 44.6 Å². The van der Waals surface area contributed by atoms with Gasteiger partial charge in [-0.15, -0.1) is 13.2 Å². The highest BCUT2D eigenvalue weighted by Gasteiger charge is 2.32. The highest BCUT2D eigenvalue weighted by molar-refractivity contribution is 5.87. The zero-order valence-corrected chi connectivity index (χ0v) is 13.7. The van der Waals surface area contributed by atoms with E-state index in [9.17, 15) is 22.8 Å². The summed E-state index contributed by atoms with van der Waals surface area (Å²) in [6.07, 6.45) is -5.32. The minimum absolute atomic E-state index is 0.182. The average Bonchev–Trinajstić information content (AvgIpc) is 2.72. The summed E-state index contributed by atoms with van der Waals surface area (Å²) >= 11 is 0. The van der Waals surface area contributed by atoms with Crippen LogP contribution in [0.1, 0.15) is 23.3 Å². The predicted octanol–water partition coefficient (Wildman–Crippen LogP) is 1.38. The quantitative estimate of drug-likeness (QED) is 0.780. The fourth-order valence-electron chi connectivity index (χ4n) is 1.91. The van der Waals surface area contributed by atoms with Crippen LogP contribution in [0.5, 0.6) is 5.75 Å². The topological polar surface area (TPSA) is 71.1 Å². The van der Waals surface area contributed by atoms with Crippen molar-refractivity contribution in [2.24, 2.45) is 0 Å². The van der Waals surface area contributed by atoms with Gasteiger partial charge in [0.25, 0.3) is 0 Å². The number of amides is 2. The van der Waals surface area contributed by atoms with E-state index in [-0.39, 0.29) is 4.90 Å². The van der Waals surface area contributed by atoms with Crippen molar-refractivity contribution >= 4 is 17.5 Å². The van der Waals surface area contributed by atoms with Crippen LogP contribution in [0.3, 0.4) is 0 Å². The molecule has 0 bridgehead atoms. The molecule has 0 spiro atoms. The molecule has 150 valence electrons. The number of ether oxygens (including phenoxy) is 2. The first kappa shape index (κ1) is 9.63. The highest BCUT2D eigenvalue weighted by Crippen LogP contribution is 2.27. The SMILES string of the molecule is [2H]c1ccc(N2C([2H])([2H])C([2H])([2H])N(C(=O)[C@@H](COC)NC(=O)C([2H])([2H])[2H])C([2H])([2H])C2([2H])[2H])cc1OC(F)(F)F. The van der Waals surface area contributed by atoms with Gasteiger partial charge < -0.3 is 24.6 Å². The van der Waals surface area contributed by atoms with Crippen LogP contribution in [0, 0.1) is 0 Å². The van der Waals surface area contributed by atoms with Crippen LogP contribution in [0.15, 0.2) is 24.2 Å². The maximum Gasteiger partial charge on any atom is 0.573 e. The van der Waals surface area contributed by atoms with Crippen LogP contribution in [0.25, 0.3) is 0 Å². The minimum atomic E-state index is -5.32. The lowest BCUT2D eigenvalue weighted by Crippen LogP contribution is -2.56. The highest BCUT2D eigenvalue weighted by atomic mass is 19.4. The molecule has 1 atom stereocenters. The monoisotopic (exact) mass is 401 g/mol. The van der Waals surface area contributed by atoms with Gasteiger partial charge in [-0.05, 0) is 12.1 Å². The molecular formula is C17H22F3N3O4. The Hall–Kier alpha value is -2.49. The molecule has 1 aliphatic heterocycles. The third-order valence-electron chi connectivity index (χ3n) is 2.95. The van der Waals surface area contributed by atoms with Gasteiger partial charge in [-0.3, -0.25) is 9.59 Å². The Labute approximate surface area is 171 Å². The van der Waals surface area contributed by atoms with Crippen LogP contribution >= 0.6 is 0 Å². The van der Waals surface area contributed by atoms with E-state index in [1.807, 2.05) is 0 Å². The number of anilines is 1. The Balaban J connectivity index is 2.70. The Morgan fingerprint density at radius 2 is 2.11 bits per heavy atom. The zero-order chi connectivity index (χ0) is 30.6. The van der Waals surface area contributed by atoms with Gasteiger partial charge in [0, 0.05) is 55.8 Å². The number of hydrogen-bond donors (Lipinski definition) is 1. The molecular weight excluding hydrogens is 367 g/mol. The second-order valence-electron chi connectivity index (χ2n) is 4.90. The number of halogens is 3. The largest absolute Gasteiger partial charge is 0.573 e. The van der Waals surface area contributed by atoms with Gasteiger partial charge in [0.05, 0.1) is 18.9 Å². The van der Waals surface area contributed by atoms with Gasteiger partial charge in [0.1, 0.15) is 11.8 Å². The molecule has 1 aliphatic rings. The Morgan fingerprint density at radius 1 is 1.41 bits per heavy atom. The number of piperazine rings is 1. The van der Waals surface area contributed by atoms with Gasteiger partial charge >= 0.3 is 6.36 Å². The molecule has 7 nitrogen and oxygen atoms in total. The molecule has 10 heteroatoms. The first-order valence-corrected chi connectivity index (χ1v) is 7.15. The Bertz CT molecular complexity index is 1090. The molecule has 0 aromatic heterocycles. The molecule has 27 heavy (non-hydrogen) atoms. The third kappa shape index (κ3) is 6.31. The van der Waals surface area contributed by atoms with Crippen LogP contribution in [-0.4, -0.2) is 68.8 Å². The van der Waals surface area contributed by atoms with E-state index in [0.717, 1.165) is 13.2 Å². The van der Waals surface area contributed by atoms with Crippen molar-refractivity contribution in [2.45, 2.75) is 19.3 Å². The van der Waals surface area contributed by atoms with E-state index in [4.69, 9.17) is 21.2 Å².